The molecule has 4 atom stereocenters. The minimum atomic E-state index is -0.836. The molecule has 1 amide bonds. The quantitative estimate of drug-likeness (QED) is 0.0237. The lowest BCUT2D eigenvalue weighted by Crippen LogP contribution is -2.63. The molecular formula is C41H44N3O9+. The van der Waals surface area contributed by atoms with Gasteiger partial charge in [-0.15, -0.1) is 6.58 Å². The van der Waals surface area contributed by atoms with Crippen LogP contribution in [-0.4, -0.2) is 66.3 Å². The SMILES string of the molecule is C=CCOOC(=O)C(C)C1C(=O)N2C(C(=O)OCC=C)=C(COc3cccc4c3-c3ccc(CCCn5cc[n+](C)c5)cc3/C4=C/C(=O)OC)[C@H](C)C12. The maximum absolute atomic E-state index is 13.6. The molecule has 53 heavy (non-hydrogen) atoms. The molecule has 12 heteroatoms. The Bertz CT molecular complexity index is 2030. The number of β-lactam (4-membered cyclic amide) rings is 1. The maximum Gasteiger partial charge on any atom is 0.355 e. The van der Waals surface area contributed by atoms with Gasteiger partial charge in [0.05, 0.1) is 38.6 Å². The summed E-state index contributed by atoms with van der Waals surface area (Å²) in [6.07, 6.45) is 12.3. The van der Waals surface area contributed by atoms with Crippen LogP contribution in [0, 0.1) is 17.8 Å². The number of ether oxygens (including phenoxy) is 3. The van der Waals surface area contributed by atoms with Gasteiger partial charge in [-0.25, -0.2) is 23.5 Å². The smallest absolute Gasteiger partial charge is 0.355 e. The van der Waals surface area contributed by atoms with Gasteiger partial charge >= 0.3 is 17.9 Å². The van der Waals surface area contributed by atoms with Crippen LogP contribution in [0.3, 0.4) is 0 Å². The summed E-state index contributed by atoms with van der Waals surface area (Å²) in [5.74, 6) is -3.63. The van der Waals surface area contributed by atoms with E-state index in [1.54, 1.807) is 6.92 Å². The van der Waals surface area contributed by atoms with Crippen molar-refractivity contribution in [2.75, 3.05) is 26.9 Å². The van der Waals surface area contributed by atoms with E-state index in [-0.39, 0.29) is 37.3 Å². The number of hydrogen-bond donors (Lipinski definition) is 0. The standard InChI is InChI=1S/C41H44N3O9/c1-7-19-50-41(48)38-32(25(3)37-35(39(46)44(37)38)26(4)40(47)53-52-20-8-2)23-51-33-13-9-12-28-31(22-34(45)49-6)30-21-27(14-15-29(30)36(28)33)11-10-16-43-18-17-42(5)24-43/h7-9,12-15,17-18,21-22,24-26,35,37H,1-2,10-11,16,19-20,23H2,3-6H3/q+1/b31-22+/t25-,26?,35?,37?/m0/s1. The van der Waals surface area contributed by atoms with Crippen LogP contribution in [0.2, 0.25) is 0 Å². The van der Waals surface area contributed by atoms with E-state index in [0.717, 1.165) is 52.8 Å². The van der Waals surface area contributed by atoms with E-state index in [1.165, 1.54) is 30.2 Å². The van der Waals surface area contributed by atoms with Crippen LogP contribution in [0.15, 0.2) is 97.8 Å². The van der Waals surface area contributed by atoms with Crippen molar-refractivity contribution in [3.63, 3.8) is 0 Å². The molecule has 6 rings (SSSR count). The molecule has 12 nitrogen and oxygen atoms in total. The van der Waals surface area contributed by atoms with Crippen molar-refractivity contribution < 1.29 is 47.7 Å². The Balaban J connectivity index is 1.28. The van der Waals surface area contributed by atoms with E-state index >= 15 is 0 Å². The number of aromatic nitrogens is 2. The number of nitrogens with zero attached hydrogens (tertiary/aromatic N) is 3. The highest BCUT2D eigenvalue weighted by Crippen LogP contribution is 2.51. The van der Waals surface area contributed by atoms with Gasteiger partial charge in [0.25, 0.3) is 0 Å². The molecule has 1 aromatic heterocycles. The minimum absolute atomic E-state index is 0.00809. The number of carbonyl (C=O) groups excluding carboxylic acids is 4. The Labute approximate surface area is 308 Å². The van der Waals surface area contributed by atoms with Gasteiger partial charge in [-0.3, -0.25) is 9.68 Å². The van der Waals surface area contributed by atoms with Crippen molar-refractivity contribution in [1.82, 2.24) is 9.47 Å². The molecule has 3 aliphatic rings. The van der Waals surface area contributed by atoms with Crippen LogP contribution >= 0.6 is 0 Å². The monoisotopic (exact) mass is 722 g/mol. The first-order valence-electron chi connectivity index (χ1n) is 17.6. The average Bonchev–Trinajstić information content (AvgIpc) is 3.79. The lowest BCUT2D eigenvalue weighted by atomic mass is 9.74. The second-order valence-electron chi connectivity index (χ2n) is 13.4. The highest BCUT2D eigenvalue weighted by molar-refractivity contribution is 6.08. The van der Waals surface area contributed by atoms with Gasteiger partial charge in [-0.1, -0.05) is 62.9 Å². The Morgan fingerprint density at radius 3 is 2.57 bits per heavy atom. The summed E-state index contributed by atoms with van der Waals surface area (Å²) >= 11 is 0. The van der Waals surface area contributed by atoms with Crippen molar-refractivity contribution >= 4 is 29.4 Å². The Morgan fingerprint density at radius 2 is 1.85 bits per heavy atom. The van der Waals surface area contributed by atoms with Gasteiger partial charge in [0.2, 0.25) is 12.2 Å². The third kappa shape index (κ3) is 7.19. The first-order valence-corrected chi connectivity index (χ1v) is 17.6. The van der Waals surface area contributed by atoms with Gasteiger partial charge in [-0.05, 0) is 46.7 Å². The number of aryl methyl sites for hydroxylation is 3. The molecule has 3 heterocycles. The number of hydrogen-bond acceptors (Lipinski definition) is 9. The lowest BCUT2D eigenvalue weighted by molar-refractivity contribution is -0.671. The van der Waals surface area contributed by atoms with E-state index in [9.17, 15) is 19.2 Å². The molecule has 1 aliphatic carbocycles. The van der Waals surface area contributed by atoms with Crippen molar-refractivity contribution in [2.45, 2.75) is 39.3 Å². The summed E-state index contributed by atoms with van der Waals surface area (Å²) in [7, 11) is 3.34. The van der Waals surface area contributed by atoms with Crippen molar-refractivity contribution in [1.29, 1.82) is 0 Å². The summed E-state index contributed by atoms with van der Waals surface area (Å²) in [6, 6.07) is 11.4. The van der Waals surface area contributed by atoms with E-state index < -0.39 is 35.8 Å². The molecule has 0 bridgehead atoms. The van der Waals surface area contributed by atoms with Crippen LogP contribution in [-0.2, 0) is 58.4 Å². The van der Waals surface area contributed by atoms with Crippen LogP contribution in [0.4, 0.5) is 0 Å². The molecule has 3 unspecified atom stereocenters. The Morgan fingerprint density at radius 1 is 1.06 bits per heavy atom. The predicted molar refractivity (Wildman–Crippen MR) is 193 cm³/mol. The van der Waals surface area contributed by atoms with Crippen molar-refractivity contribution in [2.24, 2.45) is 24.8 Å². The van der Waals surface area contributed by atoms with Gasteiger partial charge < -0.3 is 19.1 Å². The molecule has 0 radical (unpaired) electrons. The average molecular weight is 723 g/mol. The second kappa shape index (κ2) is 15.9. The molecule has 3 aromatic rings. The van der Waals surface area contributed by atoms with Gasteiger partial charge in [-0.2, -0.15) is 4.89 Å². The first kappa shape index (κ1) is 37.0. The summed E-state index contributed by atoms with van der Waals surface area (Å²) < 4.78 is 21.2. The molecular weight excluding hydrogens is 678 g/mol. The summed E-state index contributed by atoms with van der Waals surface area (Å²) in [5, 5.41) is 0. The van der Waals surface area contributed by atoms with Crippen molar-refractivity contribution in [3.05, 3.63) is 114 Å². The highest BCUT2D eigenvalue weighted by atomic mass is 17.2. The Kier molecular flexibility index (Phi) is 11.1. The molecule has 0 saturated carbocycles. The molecule has 0 spiro atoms. The van der Waals surface area contributed by atoms with Gasteiger partial charge in [0.15, 0.2) is 0 Å². The van der Waals surface area contributed by atoms with E-state index in [4.69, 9.17) is 24.0 Å². The van der Waals surface area contributed by atoms with Gasteiger partial charge in [0.1, 0.15) is 43.7 Å². The summed E-state index contributed by atoms with van der Waals surface area (Å²) in [5.41, 5.74) is 5.93. The molecule has 1 saturated heterocycles. The number of esters is 2. The van der Waals surface area contributed by atoms with Crippen LogP contribution in [0.25, 0.3) is 16.7 Å². The van der Waals surface area contributed by atoms with E-state index in [0.29, 0.717) is 11.3 Å². The zero-order valence-electron chi connectivity index (χ0n) is 30.4. The predicted octanol–water partition coefficient (Wildman–Crippen LogP) is 4.67. The van der Waals surface area contributed by atoms with Crippen LogP contribution in [0.1, 0.15) is 37.0 Å². The van der Waals surface area contributed by atoms with Crippen LogP contribution in [0.5, 0.6) is 5.75 Å². The Hall–Kier alpha value is -5.75. The van der Waals surface area contributed by atoms with Crippen LogP contribution < -0.4 is 9.30 Å². The number of benzene rings is 2. The lowest BCUT2D eigenvalue weighted by Gasteiger charge is -2.47. The topological polar surface area (TPSA) is 126 Å². The fourth-order valence-corrected chi connectivity index (χ4v) is 7.48. The first-order chi connectivity index (χ1) is 25.6. The van der Waals surface area contributed by atoms with E-state index in [1.807, 2.05) is 61.5 Å². The summed E-state index contributed by atoms with van der Waals surface area (Å²) in [6.45, 7) is 11.5. The molecule has 2 aliphatic heterocycles. The molecule has 0 N–H and O–H groups in total. The number of imidazole rings is 1. The molecule has 276 valence electrons. The second-order valence-corrected chi connectivity index (χ2v) is 13.4. The third-order valence-corrected chi connectivity index (χ3v) is 10.1. The summed E-state index contributed by atoms with van der Waals surface area (Å²) in [4.78, 5) is 63.6. The maximum atomic E-state index is 13.6. The number of amides is 1. The van der Waals surface area contributed by atoms with Crippen molar-refractivity contribution in [3.8, 4) is 16.9 Å². The normalized spacial score (nSPS) is 19.5. The minimum Gasteiger partial charge on any atom is -0.488 e. The number of rotatable bonds is 16. The zero-order chi connectivity index (χ0) is 37.8. The van der Waals surface area contributed by atoms with E-state index in [2.05, 4.69) is 29.9 Å². The molecule has 1 fully saturated rings. The highest BCUT2D eigenvalue weighted by Gasteiger charge is 2.61. The van der Waals surface area contributed by atoms with Gasteiger partial charge in [0, 0.05) is 23.1 Å². The number of fused-ring (bicyclic) bond motifs is 4. The third-order valence-electron chi connectivity index (χ3n) is 10.1. The fraction of sp³-hybridized carbons (Fsp3) is 0.341. The largest absolute Gasteiger partial charge is 0.488 e. The number of carbonyl (C=O) groups is 4. The zero-order valence-corrected chi connectivity index (χ0v) is 30.4. The number of methoxy groups -OCH3 is 1. The fourth-order valence-electron chi connectivity index (χ4n) is 7.48. The molecule has 2 aromatic carbocycles.